The number of hydrogen-bond donors (Lipinski definition) is 0. The van der Waals surface area contributed by atoms with Gasteiger partial charge in [-0.2, -0.15) is 0 Å². The number of carbonyl (C=O) groups is 1. The lowest BCUT2D eigenvalue weighted by molar-refractivity contribution is 0.0984. The minimum atomic E-state index is -0.187. The van der Waals surface area contributed by atoms with Crippen molar-refractivity contribution < 1.29 is 9.53 Å². The zero-order chi connectivity index (χ0) is 21.7. The van der Waals surface area contributed by atoms with Gasteiger partial charge in [0.05, 0.1) is 27.4 Å². The number of ether oxygens (including phenoxy) is 1. The first-order chi connectivity index (χ1) is 14.5. The Balaban J connectivity index is 1.97. The Morgan fingerprint density at radius 1 is 1.07 bits per heavy atom. The molecule has 0 aliphatic heterocycles. The summed E-state index contributed by atoms with van der Waals surface area (Å²) in [4.78, 5) is 22.1. The van der Waals surface area contributed by atoms with Crippen LogP contribution in [-0.2, 0) is 0 Å². The Morgan fingerprint density at radius 3 is 2.50 bits per heavy atom. The van der Waals surface area contributed by atoms with E-state index in [1.807, 2.05) is 25.1 Å². The van der Waals surface area contributed by atoms with E-state index in [2.05, 4.69) is 18.7 Å². The molecule has 3 aromatic rings. The monoisotopic (exact) mass is 465 g/mol. The van der Waals surface area contributed by atoms with E-state index in [9.17, 15) is 4.79 Å². The lowest BCUT2D eigenvalue weighted by Crippen LogP contribution is -2.39. The highest BCUT2D eigenvalue weighted by molar-refractivity contribution is 7.22. The molecule has 30 heavy (non-hydrogen) atoms. The van der Waals surface area contributed by atoms with Gasteiger partial charge in [-0.1, -0.05) is 48.4 Å². The summed E-state index contributed by atoms with van der Waals surface area (Å²) in [5.41, 5.74) is 1.25. The lowest BCUT2D eigenvalue weighted by atomic mass is 10.2. The number of thiazole rings is 1. The molecule has 0 saturated carbocycles. The molecule has 0 atom stereocenters. The number of carbonyl (C=O) groups excluding carboxylic acids is 1. The molecule has 0 fully saturated rings. The quantitative estimate of drug-likeness (QED) is 0.389. The molecule has 0 spiro atoms. The molecule has 0 unspecified atom stereocenters. The second-order valence-electron chi connectivity index (χ2n) is 6.67. The fourth-order valence-electron chi connectivity index (χ4n) is 3.14. The summed E-state index contributed by atoms with van der Waals surface area (Å²) in [6, 6.07) is 10.7. The van der Waals surface area contributed by atoms with Crippen molar-refractivity contribution in [1.82, 2.24) is 9.88 Å². The molecule has 160 valence electrons. The molecule has 0 radical (unpaired) electrons. The molecular weight excluding hydrogens is 441 g/mol. The van der Waals surface area contributed by atoms with Crippen LogP contribution in [0, 0.1) is 0 Å². The van der Waals surface area contributed by atoms with E-state index in [1.165, 1.54) is 11.3 Å². The molecule has 3 rings (SSSR count). The van der Waals surface area contributed by atoms with Gasteiger partial charge < -0.3 is 9.64 Å². The Hall–Kier alpha value is -1.86. The van der Waals surface area contributed by atoms with Crippen molar-refractivity contribution in [2.24, 2.45) is 0 Å². The van der Waals surface area contributed by atoms with Crippen molar-refractivity contribution in [1.29, 1.82) is 0 Å². The summed E-state index contributed by atoms with van der Waals surface area (Å²) >= 11 is 13.8. The highest BCUT2D eigenvalue weighted by Crippen LogP contribution is 2.33. The molecule has 5 nitrogen and oxygen atoms in total. The summed E-state index contributed by atoms with van der Waals surface area (Å²) in [6.45, 7) is 9.85. The van der Waals surface area contributed by atoms with Gasteiger partial charge in [0.25, 0.3) is 5.91 Å². The van der Waals surface area contributed by atoms with Gasteiger partial charge in [0, 0.05) is 18.1 Å². The van der Waals surface area contributed by atoms with Crippen LogP contribution in [0.2, 0.25) is 10.0 Å². The summed E-state index contributed by atoms with van der Waals surface area (Å²) in [5, 5.41) is 1.47. The van der Waals surface area contributed by atoms with Crippen LogP contribution in [-0.4, -0.2) is 48.6 Å². The summed E-state index contributed by atoms with van der Waals surface area (Å²) in [7, 11) is 0. The van der Waals surface area contributed by atoms with Crippen LogP contribution in [0.4, 0.5) is 5.13 Å². The average molecular weight is 466 g/mol. The number of nitrogens with zero attached hydrogens (tertiary/aromatic N) is 3. The first-order valence-electron chi connectivity index (χ1n) is 9.99. The number of fused-ring (bicyclic) bond motifs is 1. The van der Waals surface area contributed by atoms with Crippen molar-refractivity contribution in [2.75, 3.05) is 37.7 Å². The number of anilines is 1. The molecule has 0 saturated heterocycles. The minimum Gasteiger partial charge on any atom is -0.494 e. The SMILES string of the molecule is CCOc1ccc2nc(N(CCN(CC)CC)C(=O)c3ccc(Cl)cc3Cl)sc2c1. The zero-order valence-corrected chi connectivity index (χ0v) is 19.7. The van der Waals surface area contributed by atoms with Crippen LogP contribution in [0.1, 0.15) is 31.1 Å². The molecule has 0 N–H and O–H groups in total. The molecule has 0 aliphatic carbocycles. The fourth-order valence-corrected chi connectivity index (χ4v) is 4.65. The maximum Gasteiger partial charge on any atom is 0.261 e. The number of benzene rings is 2. The van der Waals surface area contributed by atoms with E-state index >= 15 is 0 Å². The molecule has 1 aromatic heterocycles. The Bertz CT molecular complexity index is 1020. The van der Waals surface area contributed by atoms with Crippen molar-refractivity contribution in [3.05, 3.63) is 52.0 Å². The van der Waals surface area contributed by atoms with Gasteiger partial charge in [0.1, 0.15) is 5.75 Å². The summed E-state index contributed by atoms with van der Waals surface area (Å²) in [5.74, 6) is 0.606. The third-order valence-corrected chi connectivity index (χ3v) is 6.42. The predicted octanol–water partition coefficient (Wildman–Crippen LogP) is 5.99. The standard InChI is InChI=1S/C22H25Cl2N3O2S/c1-4-26(5-2)11-12-27(21(28)17-9-7-15(23)13-18(17)24)22-25-19-10-8-16(29-6-3)14-20(19)30-22/h7-10,13-14H,4-6,11-12H2,1-3H3. The van der Waals surface area contributed by atoms with Crippen molar-refractivity contribution >= 4 is 55.8 Å². The molecule has 0 aliphatic rings. The van der Waals surface area contributed by atoms with Gasteiger partial charge in [0.2, 0.25) is 0 Å². The molecule has 1 amide bonds. The first kappa shape index (κ1) is 22.8. The van der Waals surface area contributed by atoms with Crippen LogP contribution in [0.15, 0.2) is 36.4 Å². The molecule has 1 heterocycles. The second-order valence-corrected chi connectivity index (χ2v) is 8.52. The van der Waals surface area contributed by atoms with Crippen molar-refractivity contribution in [3.63, 3.8) is 0 Å². The Morgan fingerprint density at radius 2 is 1.83 bits per heavy atom. The highest BCUT2D eigenvalue weighted by atomic mass is 35.5. The third kappa shape index (κ3) is 5.24. The first-order valence-corrected chi connectivity index (χ1v) is 11.6. The molecule has 8 heteroatoms. The van der Waals surface area contributed by atoms with E-state index < -0.39 is 0 Å². The molecule has 0 bridgehead atoms. The smallest absolute Gasteiger partial charge is 0.261 e. The van der Waals surface area contributed by atoms with Gasteiger partial charge in [0.15, 0.2) is 5.13 Å². The Labute approximate surface area is 191 Å². The largest absolute Gasteiger partial charge is 0.494 e. The van der Waals surface area contributed by atoms with Crippen LogP contribution in [0.3, 0.4) is 0 Å². The molecular formula is C22H25Cl2N3O2S. The topological polar surface area (TPSA) is 45.7 Å². The maximum absolute atomic E-state index is 13.4. The third-order valence-electron chi connectivity index (χ3n) is 4.83. The van der Waals surface area contributed by atoms with E-state index in [4.69, 9.17) is 32.9 Å². The van der Waals surface area contributed by atoms with Crippen molar-refractivity contribution in [3.8, 4) is 5.75 Å². The average Bonchev–Trinajstić information content (AvgIpc) is 3.14. The highest BCUT2D eigenvalue weighted by Gasteiger charge is 2.24. The number of rotatable bonds is 9. The predicted molar refractivity (Wildman–Crippen MR) is 127 cm³/mol. The minimum absolute atomic E-state index is 0.187. The number of aromatic nitrogens is 1. The Kier molecular flexibility index (Phi) is 7.94. The number of halogens is 2. The fraction of sp³-hybridized carbons (Fsp3) is 0.364. The van der Waals surface area contributed by atoms with Gasteiger partial charge in [-0.25, -0.2) is 4.98 Å². The van der Waals surface area contributed by atoms with E-state index in [0.717, 1.165) is 35.6 Å². The van der Waals surface area contributed by atoms with Gasteiger partial charge in [-0.05, 0) is 56.4 Å². The van der Waals surface area contributed by atoms with Crippen LogP contribution < -0.4 is 9.64 Å². The van der Waals surface area contributed by atoms with E-state index in [1.54, 1.807) is 23.1 Å². The normalized spacial score (nSPS) is 11.3. The second kappa shape index (κ2) is 10.4. The van der Waals surface area contributed by atoms with Crippen LogP contribution in [0.25, 0.3) is 10.2 Å². The van der Waals surface area contributed by atoms with Crippen LogP contribution in [0.5, 0.6) is 5.75 Å². The number of hydrogen-bond acceptors (Lipinski definition) is 5. The van der Waals surface area contributed by atoms with E-state index in [0.29, 0.717) is 33.9 Å². The zero-order valence-electron chi connectivity index (χ0n) is 17.3. The van der Waals surface area contributed by atoms with Gasteiger partial charge >= 0.3 is 0 Å². The van der Waals surface area contributed by atoms with Gasteiger partial charge in [-0.3, -0.25) is 9.69 Å². The van der Waals surface area contributed by atoms with Crippen LogP contribution >= 0.6 is 34.5 Å². The van der Waals surface area contributed by atoms with E-state index in [-0.39, 0.29) is 5.91 Å². The summed E-state index contributed by atoms with van der Waals surface area (Å²) in [6.07, 6.45) is 0. The lowest BCUT2D eigenvalue weighted by Gasteiger charge is -2.25. The maximum atomic E-state index is 13.4. The van der Waals surface area contributed by atoms with Crippen molar-refractivity contribution in [2.45, 2.75) is 20.8 Å². The molecule has 2 aromatic carbocycles. The van der Waals surface area contributed by atoms with Gasteiger partial charge in [-0.15, -0.1) is 0 Å². The summed E-state index contributed by atoms with van der Waals surface area (Å²) < 4.78 is 6.57. The number of likely N-dealkylation sites (N-methyl/N-ethyl adjacent to an activating group) is 1. The number of amides is 1.